The first-order valence-electron chi connectivity index (χ1n) is 1.73. The maximum Gasteiger partial charge on any atom is 0.278 e. The molecule has 0 aliphatic heterocycles. The van der Waals surface area contributed by atoms with Gasteiger partial charge in [-0.1, -0.05) is 10.5 Å². The second-order valence-electron chi connectivity index (χ2n) is 0.936. The number of hydrogen-bond donors (Lipinski definition) is 2. The fraction of sp³-hybridized carbons (Fsp3) is 0. The highest BCUT2D eigenvalue weighted by Crippen LogP contribution is 1.65. The molecule has 0 amide bonds. The lowest BCUT2D eigenvalue weighted by molar-refractivity contribution is -0.525. The van der Waals surface area contributed by atoms with Gasteiger partial charge in [-0.2, -0.15) is 0 Å². The third-order valence-electron chi connectivity index (χ3n) is 0.354. The Morgan fingerprint density at radius 3 is 2.67 bits per heavy atom. The predicted molar refractivity (Wildman–Crippen MR) is 27.5 cm³/mol. The minimum absolute atomic E-state index is 0.644. The largest absolute Gasteiger partial charge is 0.364 e. The number of nitrogens with zero attached hydrogens (tertiary/aromatic N) is 3. The van der Waals surface area contributed by atoms with Crippen LogP contribution in [-0.4, -0.2) is 11.0 Å². The zero-order valence-electron chi connectivity index (χ0n) is 4.14. The van der Waals surface area contributed by atoms with Gasteiger partial charge in [-0.05, 0) is 0 Å². The zero-order valence-corrected chi connectivity index (χ0v) is 4.14. The van der Waals surface area contributed by atoms with E-state index in [4.69, 9.17) is 0 Å². The number of rotatable bonds is 2. The van der Waals surface area contributed by atoms with Gasteiger partial charge in [0.05, 0.1) is 5.29 Å². The molecule has 0 saturated heterocycles. The summed E-state index contributed by atoms with van der Waals surface area (Å²) >= 11 is 0. The van der Waals surface area contributed by atoms with E-state index in [1.165, 1.54) is 5.43 Å². The van der Waals surface area contributed by atoms with Gasteiger partial charge >= 0.3 is 0 Å². The first-order valence-corrected chi connectivity index (χ1v) is 1.73. The van der Waals surface area contributed by atoms with Crippen LogP contribution in [0, 0.1) is 15.0 Å². The Hall–Kier alpha value is -1.73. The van der Waals surface area contributed by atoms with Crippen LogP contribution in [0.2, 0.25) is 0 Å². The molecule has 8 nitrogen and oxygen atoms in total. The molecule has 3 N–H and O–H groups in total. The third kappa shape index (κ3) is 4.12. The highest BCUT2D eigenvalue weighted by Gasteiger charge is 1.96. The number of nitrogens with two attached hydrogens (primary N) is 1. The van der Waals surface area contributed by atoms with Crippen molar-refractivity contribution in [1.82, 2.24) is 5.43 Å². The molecular weight excluding hydrogens is 130 g/mol. The Kier molecular flexibility index (Phi) is 2.66. The molecule has 50 valence electrons. The van der Waals surface area contributed by atoms with Crippen molar-refractivity contribution in [2.75, 3.05) is 0 Å². The minimum Gasteiger partial charge on any atom is -0.364 e. The van der Waals surface area contributed by atoms with Gasteiger partial charge in [0, 0.05) is 0 Å². The van der Waals surface area contributed by atoms with E-state index in [9.17, 15) is 15.0 Å². The summed E-state index contributed by atoms with van der Waals surface area (Å²) in [6.45, 7) is 0. The summed E-state index contributed by atoms with van der Waals surface area (Å²) < 4.78 is 0. The first-order chi connectivity index (χ1) is 4.16. The van der Waals surface area contributed by atoms with Crippen molar-refractivity contribution in [3.05, 3.63) is 15.0 Å². The van der Waals surface area contributed by atoms with E-state index >= 15 is 0 Å². The molecule has 0 heterocycles. The minimum atomic E-state index is -0.954. The quantitative estimate of drug-likeness (QED) is 0.160. The van der Waals surface area contributed by atoms with Crippen molar-refractivity contribution in [1.29, 1.82) is 0 Å². The molecule has 0 spiro atoms. The first kappa shape index (κ1) is 7.27. The summed E-state index contributed by atoms with van der Waals surface area (Å²) in [5, 5.41) is 13.0. The van der Waals surface area contributed by atoms with Gasteiger partial charge in [0.2, 0.25) is 0 Å². The highest BCUT2D eigenvalue weighted by atomic mass is 16.7. The lowest BCUT2D eigenvalue weighted by Crippen LogP contribution is -2.35. The van der Waals surface area contributed by atoms with Gasteiger partial charge in [-0.25, -0.2) is 10.1 Å². The molecule has 0 aromatic rings. The van der Waals surface area contributed by atoms with Crippen LogP contribution >= 0.6 is 0 Å². The molecule has 0 rings (SSSR count). The lowest BCUT2D eigenvalue weighted by Gasteiger charge is -1.88. The molecule has 0 radical (unpaired) electrons. The summed E-state index contributed by atoms with van der Waals surface area (Å²) in [6.07, 6.45) is 0. The molecule has 9 heavy (non-hydrogen) atoms. The Morgan fingerprint density at radius 2 is 2.33 bits per heavy atom. The van der Waals surface area contributed by atoms with E-state index in [1.54, 1.807) is 0 Å². The van der Waals surface area contributed by atoms with Gasteiger partial charge in [-0.15, -0.1) is 4.91 Å². The van der Waals surface area contributed by atoms with Crippen LogP contribution in [0.3, 0.4) is 0 Å². The molecule has 0 bridgehead atoms. The summed E-state index contributed by atoms with van der Waals surface area (Å²) in [4.78, 5) is 18.7. The molecule has 0 aromatic carbocycles. The fourth-order valence-corrected chi connectivity index (χ4v) is 0.160. The highest BCUT2D eigenvalue weighted by molar-refractivity contribution is 5.76. The van der Waals surface area contributed by atoms with Crippen molar-refractivity contribution in [2.24, 2.45) is 16.1 Å². The van der Waals surface area contributed by atoms with Crippen LogP contribution < -0.4 is 11.2 Å². The van der Waals surface area contributed by atoms with Gasteiger partial charge in [0.25, 0.3) is 5.96 Å². The number of hydrogen-bond acceptors (Lipinski definition) is 4. The van der Waals surface area contributed by atoms with E-state index in [2.05, 4.69) is 10.8 Å². The number of nitro groups is 1. The van der Waals surface area contributed by atoms with Crippen molar-refractivity contribution in [3.8, 4) is 0 Å². The topological polar surface area (TPSA) is 123 Å². The zero-order chi connectivity index (χ0) is 7.28. The normalized spacial score (nSPS) is 10.4. The Morgan fingerprint density at radius 1 is 1.78 bits per heavy atom. The SMILES string of the molecule is N/C(=N\N=O)N[N+](=O)[O-]. The monoisotopic (exact) mass is 133 g/mol. The maximum atomic E-state index is 9.47. The van der Waals surface area contributed by atoms with E-state index in [0.717, 1.165) is 0 Å². The molecule has 0 aliphatic rings. The second-order valence-corrected chi connectivity index (χ2v) is 0.936. The van der Waals surface area contributed by atoms with Crippen LogP contribution in [0.4, 0.5) is 0 Å². The number of nitrogens with one attached hydrogen (secondary N) is 1. The molecular formula is CH3N5O3. The van der Waals surface area contributed by atoms with Gasteiger partial charge in [0.1, 0.15) is 0 Å². The molecule has 0 fully saturated rings. The van der Waals surface area contributed by atoms with Crippen molar-refractivity contribution < 1.29 is 5.03 Å². The van der Waals surface area contributed by atoms with E-state index in [1.807, 2.05) is 5.29 Å². The van der Waals surface area contributed by atoms with E-state index < -0.39 is 11.0 Å². The molecule has 0 saturated carbocycles. The molecule has 0 atom stereocenters. The van der Waals surface area contributed by atoms with E-state index in [0.29, 0.717) is 0 Å². The summed E-state index contributed by atoms with van der Waals surface area (Å²) in [5.41, 5.74) is 6.09. The molecule has 8 heteroatoms. The Labute approximate surface area is 48.8 Å². The maximum absolute atomic E-state index is 9.47. The van der Waals surface area contributed by atoms with Gasteiger partial charge in [-0.3, -0.25) is 0 Å². The van der Waals surface area contributed by atoms with Gasteiger partial charge in [0.15, 0.2) is 5.03 Å². The van der Waals surface area contributed by atoms with Crippen molar-refractivity contribution >= 4 is 5.96 Å². The molecule has 0 aromatic heterocycles. The summed E-state index contributed by atoms with van der Waals surface area (Å²) in [5.74, 6) is -0.644. The second kappa shape index (κ2) is 3.29. The van der Waals surface area contributed by atoms with Crippen LogP contribution in [0.1, 0.15) is 0 Å². The van der Waals surface area contributed by atoms with Crippen LogP contribution in [0.25, 0.3) is 0 Å². The van der Waals surface area contributed by atoms with Gasteiger partial charge < -0.3 is 5.73 Å². The van der Waals surface area contributed by atoms with Crippen LogP contribution in [0.5, 0.6) is 0 Å². The fourth-order valence-electron chi connectivity index (χ4n) is 0.160. The molecule has 0 aliphatic carbocycles. The number of hydrazine groups is 1. The summed E-state index contributed by atoms with van der Waals surface area (Å²) in [7, 11) is 0. The predicted octanol–water partition coefficient (Wildman–Crippen LogP) is -1.24. The van der Waals surface area contributed by atoms with Crippen molar-refractivity contribution in [3.63, 3.8) is 0 Å². The smallest absolute Gasteiger partial charge is 0.278 e. The van der Waals surface area contributed by atoms with Crippen LogP contribution in [0.15, 0.2) is 10.4 Å². The number of guanidine groups is 1. The average molecular weight is 133 g/mol. The lowest BCUT2D eigenvalue weighted by atomic mass is 11.1. The average Bonchev–Trinajstić information content (AvgIpc) is 1.63. The van der Waals surface area contributed by atoms with Crippen LogP contribution in [-0.2, 0) is 0 Å². The van der Waals surface area contributed by atoms with E-state index in [-0.39, 0.29) is 0 Å². The summed E-state index contributed by atoms with van der Waals surface area (Å²) in [6, 6.07) is 0. The van der Waals surface area contributed by atoms with Crippen molar-refractivity contribution in [2.45, 2.75) is 0 Å². The Bertz CT molecular complexity index is 150. The Balaban J connectivity index is 3.75. The standard InChI is InChI=1S/CH3N5O3/c2-1(3-5-7)4-6(8)9/h(H3,2,3,4,7). The third-order valence-corrected chi connectivity index (χ3v) is 0.354. The molecule has 0 unspecified atom stereocenters. The number of nitroso groups, excluding NO2 is 1.